The minimum Gasteiger partial charge on any atom is -0.481 e. The van der Waals surface area contributed by atoms with Crippen LogP contribution in [0.2, 0.25) is 5.02 Å². The van der Waals surface area contributed by atoms with E-state index in [1.165, 1.54) is 6.92 Å². The number of carboxylic acids is 1. The van der Waals surface area contributed by atoms with Crippen LogP contribution in [-0.4, -0.2) is 38.8 Å². The van der Waals surface area contributed by atoms with Crippen molar-refractivity contribution in [2.24, 2.45) is 0 Å². The molecule has 0 bridgehead atoms. The van der Waals surface area contributed by atoms with E-state index in [9.17, 15) is 9.59 Å². The fraction of sp³-hybridized carbons (Fsp3) is 0.308. The predicted molar refractivity (Wildman–Crippen MR) is 81.8 cm³/mol. The molecule has 0 aliphatic carbocycles. The first-order valence-electron chi connectivity index (χ1n) is 6.22. The van der Waals surface area contributed by atoms with E-state index in [1.807, 2.05) is 4.57 Å². The summed E-state index contributed by atoms with van der Waals surface area (Å²) in [6, 6.07) is 5.31. The highest BCUT2D eigenvalue weighted by molar-refractivity contribution is 7.99. The Balaban J connectivity index is 2.30. The van der Waals surface area contributed by atoms with Gasteiger partial charge in [-0.2, -0.15) is 0 Å². The second kappa shape index (κ2) is 6.82. The van der Waals surface area contributed by atoms with Gasteiger partial charge in [0.05, 0.1) is 16.8 Å². The first-order valence-corrected chi connectivity index (χ1v) is 7.58. The largest absolute Gasteiger partial charge is 0.481 e. The molecule has 0 aliphatic rings. The van der Waals surface area contributed by atoms with Crippen LogP contribution in [0.15, 0.2) is 23.4 Å². The summed E-state index contributed by atoms with van der Waals surface area (Å²) in [4.78, 5) is 26.1. The summed E-state index contributed by atoms with van der Waals surface area (Å²) in [5.41, 5.74) is 1.57. The van der Waals surface area contributed by atoms with Gasteiger partial charge in [-0.3, -0.25) is 9.59 Å². The van der Waals surface area contributed by atoms with Gasteiger partial charge in [-0.05, 0) is 18.2 Å². The van der Waals surface area contributed by atoms with Crippen molar-refractivity contribution < 1.29 is 14.7 Å². The molecule has 0 saturated carbocycles. The molecule has 0 spiro atoms. The summed E-state index contributed by atoms with van der Waals surface area (Å²) in [6.45, 7) is 2.38. The third kappa shape index (κ3) is 4.12. The second-order valence-electron chi connectivity index (χ2n) is 4.34. The maximum atomic E-state index is 10.9. The standard InChI is InChI=1S/C13H14ClN3O3S/c1-8(18)15-4-5-17-11-6-9(14)2-3-10(11)16-13(17)21-7-12(19)20/h2-3,6H,4-5,7H2,1H3,(H,15,18)(H,19,20). The Morgan fingerprint density at radius 3 is 2.90 bits per heavy atom. The van der Waals surface area contributed by atoms with Gasteiger partial charge in [0, 0.05) is 25.0 Å². The fourth-order valence-corrected chi connectivity index (χ4v) is 2.80. The number of aliphatic carboxylic acids is 1. The molecule has 0 unspecified atom stereocenters. The van der Waals surface area contributed by atoms with Crippen molar-refractivity contribution in [3.63, 3.8) is 0 Å². The number of carbonyl (C=O) groups is 2. The van der Waals surface area contributed by atoms with Crippen molar-refractivity contribution in [3.8, 4) is 0 Å². The molecule has 0 aliphatic heterocycles. The van der Waals surface area contributed by atoms with Crippen molar-refractivity contribution in [2.45, 2.75) is 18.6 Å². The van der Waals surface area contributed by atoms with Gasteiger partial charge < -0.3 is 15.0 Å². The summed E-state index contributed by atoms with van der Waals surface area (Å²) >= 11 is 7.14. The van der Waals surface area contributed by atoms with E-state index in [0.29, 0.717) is 23.3 Å². The van der Waals surface area contributed by atoms with Crippen molar-refractivity contribution in [1.29, 1.82) is 0 Å². The first-order chi connectivity index (χ1) is 9.97. The number of hydrogen-bond acceptors (Lipinski definition) is 4. The molecule has 1 aromatic heterocycles. The Bertz CT molecular complexity index is 687. The molecule has 0 fully saturated rings. The number of hydrogen-bond donors (Lipinski definition) is 2. The lowest BCUT2D eigenvalue weighted by Gasteiger charge is -2.08. The normalized spacial score (nSPS) is 10.8. The summed E-state index contributed by atoms with van der Waals surface area (Å²) in [7, 11) is 0. The van der Waals surface area contributed by atoms with Crippen molar-refractivity contribution >= 4 is 46.3 Å². The van der Waals surface area contributed by atoms with Crippen molar-refractivity contribution in [2.75, 3.05) is 12.3 Å². The number of aromatic nitrogens is 2. The number of amides is 1. The molecule has 2 aromatic rings. The van der Waals surface area contributed by atoms with Crippen LogP contribution in [-0.2, 0) is 16.1 Å². The second-order valence-corrected chi connectivity index (χ2v) is 5.72. The number of imidazole rings is 1. The monoisotopic (exact) mass is 327 g/mol. The highest BCUT2D eigenvalue weighted by atomic mass is 35.5. The lowest BCUT2D eigenvalue weighted by Crippen LogP contribution is -2.24. The Kier molecular flexibility index (Phi) is 5.08. The number of carboxylic acid groups (broad SMARTS) is 1. The van der Waals surface area contributed by atoms with Crippen LogP contribution in [0.25, 0.3) is 11.0 Å². The van der Waals surface area contributed by atoms with Gasteiger partial charge in [-0.1, -0.05) is 23.4 Å². The lowest BCUT2D eigenvalue weighted by molar-refractivity contribution is -0.133. The minimum absolute atomic E-state index is 0.0722. The van der Waals surface area contributed by atoms with E-state index in [1.54, 1.807) is 18.2 Å². The number of carbonyl (C=O) groups excluding carboxylic acids is 1. The minimum atomic E-state index is -0.904. The average molecular weight is 328 g/mol. The number of nitrogens with zero attached hydrogens (tertiary/aromatic N) is 2. The van der Waals surface area contributed by atoms with Crippen LogP contribution in [0, 0.1) is 0 Å². The highest BCUT2D eigenvalue weighted by Gasteiger charge is 2.13. The number of fused-ring (bicyclic) bond motifs is 1. The zero-order valence-corrected chi connectivity index (χ0v) is 12.9. The molecular formula is C13H14ClN3O3S. The molecule has 0 radical (unpaired) electrons. The highest BCUT2D eigenvalue weighted by Crippen LogP contribution is 2.26. The summed E-state index contributed by atoms with van der Waals surface area (Å²) < 4.78 is 1.87. The molecule has 2 N–H and O–H groups in total. The average Bonchev–Trinajstić information content (AvgIpc) is 2.74. The molecule has 1 aromatic carbocycles. The summed E-state index contributed by atoms with van der Waals surface area (Å²) in [6.07, 6.45) is 0. The Morgan fingerprint density at radius 1 is 1.48 bits per heavy atom. The quantitative estimate of drug-likeness (QED) is 0.793. The number of rotatable bonds is 6. The maximum absolute atomic E-state index is 10.9. The smallest absolute Gasteiger partial charge is 0.313 e. The Hall–Kier alpha value is -1.73. The van der Waals surface area contributed by atoms with Gasteiger partial charge in [0.15, 0.2) is 5.16 Å². The van der Waals surface area contributed by atoms with Crippen LogP contribution < -0.4 is 5.32 Å². The van der Waals surface area contributed by atoms with E-state index in [4.69, 9.17) is 16.7 Å². The zero-order chi connectivity index (χ0) is 15.4. The third-order valence-electron chi connectivity index (χ3n) is 2.71. The zero-order valence-electron chi connectivity index (χ0n) is 11.3. The van der Waals surface area contributed by atoms with Gasteiger partial charge >= 0.3 is 5.97 Å². The third-order valence-corrected chi connectivity index (χ3v) is 3.91. The first kappa shape index (κ1) is 15.7. The SMILES string of the molecule is CC(=O)NCCn1c(SCC(=O)O)nc2ccc(Cl)cc21. The number of nitrogens with one attached hydrogen (secondary N) is 1. The maximum Gasteiger partial charge on any atom is 0.313 e. The molecule has 21 heavy (non-hydrogen) atoms. The molecule has 0 saturated heterocycles. The number of thioether (sulfide) groups is 1. The van der Waals surface area contributed by atoms with Crippen LogP contribution in [0.3, 0.4) is 0 Å². The summed E-state index contributed by atoms with van der Waals surface area (Å²) in [5, 5.41) is 12.7. The van der Waals surface area contributed by atoms with E-state index < -0.39 is 5.97 Å². The van der Waals surface area contributed by atoms with Crippen LogP contribution in [0.5, 0.6) is 0 Å². The van der Waals surface area contributed by atoms with E-state index in [0.717, 1.165) is 22.8 Å². The van der Waals surface area contributed by atoms with Crippen LogP contribution in [0.4, 0.5) is 0 Å². The Morgan fingerprint density at radius 2 is 2.24 bits per heavy atom. The molecular weight excluding hydrogens is 314 g/mol. The molecule has 8 heteroatoms. The molecule has 2 rings (SSSR count). The van der Waals surface area contributed by atoms with Gasteiger partial charge in [0.25, 0.3) is 0 Å². The Labute approximate surface area is 130 Å². The van der Waals surface area contributed by atoms with E-state index >= 15 is 0 Å². The van der Waals surface area contributed by atoms with Crippen molar-refractivity contribution in [1.82, 2.24) is 14.9 Å². The van der Waals surface area contributed by atoms with E-state index in [2.05, 4.69) is 10.3 Å². The fourth-order valence-electron chi connectivity index (χ4n) is 1.87. The molecule has 1 heterocycles. The topological polar surface area (TPSA) is 84.2 Å². The number of halogens is 1. The lowest BCUT2D eigenvalue weighted by atomic mass is 10.3. The van der Waals surface area contributed by atoms with Gasteiger partial charge in [0.2, 0.25) is 5.91 Å². The van der Waals surface area contributed by atoms with Crippen molar-refractivity contribution in [3.05, 3.63) is 23.2 Å². The molecule has 0 atom stereocenters. The van der Waals surface area contributed by atoms with Gasteiger partial charge in [-0.25, -0.2) is 4.98 Å². The predicted octanol–water partition coefficient (Wildman–Crippen LogP) is 2.00. The van der Waals surface area contributed by atoms with Gasteiger partial charge in [-0.15, -0.1) is 0 Å². The number of benzene rings is 1. The van der Waals surface area contributed by atoms with E-state index in [-0.39, 0.29) is 11.7 Å². The summed E-state index contributed by atoms with van der Waals surface area (Å²) in [5.74, 6) is -1.09. The van der Waals surface area contributed by atoms with Crippen LogP contribution >= 0.6 is 23.4 Å². The molecule has 1 amide bonds. The van der Waals surface area contributed by atoms with Crippen LogP contribution in [0.1, 0.15) is 6.92 Å². The van der Waals surface area contributed by atoms with Gasteiger partial charge in [0.1, 0.15) is 0 Å². The molecule has 112 valence electrons. The molecule has 6 nitrogen and oxygen atoms in total.